The summed E-state index contributed by atoms with van der Waals surface area (Å²) < 4.78 is 11.7. The first-order valence-corrected chi connectivity index (χ1v) is 11.4. The molecule has 160 valence electrons. The quantitative estimate of drug-likeness (QED) is 0.490. The molecular weight excluding hydrogens is 418 g/mol. The highest BCUT2D eigenvalue weighted by atomic mass is 32.2. The maximum Gasteiger partial charge on any atom is 0.408 e. The van der Waals surface area contributed by atoms with Crippen molar-refractivity contribution in [2.75, 3.05) is 0 Å². The number of carbonyl (C=O) groups excluding carboxylic acids is 1. The molecule has 6 nitrogen and oxygen atoms in total. The van der Waals surface area contributed by atoms with Crippen LogP contribution in [0.4, 0.5) is 4.79 Å². The van der Waals surface area contributed by atoms with Gasteiger partial charge in [-0.1, -0.05) is 29.9 Å². The molecule has 1 amide bonds. The van der Waals surface area contributed by atoms with Crippen molar-refractivity contribution >= 4 is 29.2 Å². The van der Waals surface area contributed by atoms with Crippen LogP contribution < -0.4 is 5.32 Å². The Labute approximate surface area is 185 Å². The van der Waals surface area contributed by atoms with Gasteiger partial charge in [0.15, 0.2) is 0 Å². The largest absolute Gasteiger partial charge is 0.444 e. The number of benzene rings is 1. The van der Waals surface area contributed by atoms with Crippen molar-refractivity contribution in [3.63, 3.8) is 0 Å². The van der Waals surface area contributed by atoms with Crippen LogP contribution in [-0.4, -0.2) is 21.8 Å². The van der Waals surface area contributed by atoms with Crippen LogP contribution >= 0.6 is 23.1 Å². The number of hydrogen-bond donors (Lipinski definition) is 1. The first-order valence-electron chi connectivity index (χ1n) is 9.81. The number of nitrogens with one attached hydrogen (secondary N) is 1. The third-order valence-corrected chi connectivity index (χ3v) is 6.30. The van der Waals surface area contributed by atoms with Crippen molar-refractivity contribution in [3.8, 4) is 11.1 Å². The monoisotopic (exact) mass is 445 g/mol. The lowest BCUT2D eigenvalue weighted by Crippen LogP contribution is -2.32. The highest BCUT2D eigenvalue weighted by Crippen LogP contribution is 2.37. The van der Waals surface area contributed by atoms with E-state index in [2.05, 4.69) is 40.6 Å². The molecule has 3 rings (SSSR count). The number of amides is 1. The molecule has 0 atom stereocenters. The molecular formula is C22H27N3O3S2. The maximum absolute atomic E-state index is 11.8. The molecule has 0 spiro atoms. The molecule has 0 aliphatic rings. The number of rotatable bonds is 6. The van der Waals surface area contributed by atoms with Crippen molar-refractivity contribution in [2.24, 2.45) is 0 Å². The zero-order chi connectivity index (χ0) is 21.9. The maximum atomic E-state index is 11.8. The summed E-state index contributed by atoms with van der Waals surface area (Å²) in [7, 11) is 0. The predicted molar refractivity (Wildman–Crippen MR) is 120 cm³/mol. The van der Waals surface area contributed by atoms with Crippen molar-refractivity contribution in [2.45, 2.75) is 69.2 Å². The van der Waals surface area contributed by atoms with Gasteiger partial charge < -0.3 is 14.6 Å². The molecule has 0 aliphatic carbocycles. The van der Waals surface area contributed by atoms with Crippen molar-refractivity contribution in [1.82, 2.24) is 15.5 Å². The van der Waals surface area contributed by atoms with Gasteiger partial charge in [-0.25, -0.2) is 9.78 Å². The molecule has 0 unspecified atom stereocenters. The van der Waals surface area contributed by atoms with E-state index in [-0.39, 0.29) is 0 Å². The lowest BCUT2D eigenvalue weighted by atomic mass is 10.0. The van der Waals surface area contributed by atoms with Crippen LogP contribution in [0, 0.1) is 13.8 Å². The number of aryl methyl sites for hydroxylation is 3. The van der Waals surface area contributed by atoms with Crippen LogP contribution in [0.15, 0.2) is 38.0 Å². The molecule has 2 aromatic heterocycles. The minimum atomic E-state index is -0.517. The lowest BCUT2D eigenvalue weighted by Gasteiger charge is -2.19. The second-order valence-electron chi connectivity index (χ2n) is 7.95. The Kier molecular flexibility index (Phi) is 6.88. The number of hydrogen-bond acceptors (Lipinski definition) is 7. The SMILES string of the molecule is CCc1cc(Sc2cnc(CNC(=O)OC(C)(C)C)s2)cc(-c2c(C)noc2C)c1. The summed E-state index contributed by atoms with van der Waals surface area (Å²) in [5.41, 5.74) is 3.80. The highest BCUT2D eigenvalue weighted by Gasteiger charge is 2.17. The Morgan fingerprint density at radius 3 is 2.67 bits per heavy atom. The topological polar surface area (TPSA) is 77.2 Å². The minimum Gasteiger partial charge on any atom is -0.444 e. The van der Waals surface area contributed by atoms with Crippen molar-refractivity contribution < 1.29 is 14.1 Å². The average Bonchev–Trinajstić information content (AvgIpc) is 3.24. The number of nitrogens with zero attached hydrogens (tertiary/aromatic N) is 2. The van der Waals surface area contributed by atoms with Gasteiger partial charge in [-0.05, 0) is 64.3 Å². The van der Waals surface area contributed by atoms with Gasteiger partial charge in [-0.2, -0.15) is 0 Å². The molecule has 1 N–H and O–H groups in total. The van der Waals surface area contributed by atoms with Gasteiger partial charge in [0.2, 0.25) is 0 Å². The Hall–Kier alpha value is -2.32. The van der Waals surface area contributed by atoms with Crippen LogP contribution in [0.1, 0.15) is 49.7 Å². The van der Waals surface area contributed by atoms with Gasteiger partial charge in [0, 0.05) is 10.5 Å². The fourth-order valence-corrected chi connectivity index (χ4v) is 5.03. The first-order chi connectivity index (χ1) is 14.1. The van der Waals surface area contributed by atoms with Crippen LogP contribution in [0.5, 0.6) is 0 Å². The third-order valence-electron chi connectivity index (χ3n) is 4.23. The second kappa shape index (κ2) is 9.22. The summed E-state index contributed by atoms with van der Waals surface area (Å²) in [6, 6.07) is 6.55. The molecule has 0 bridgehead atoms. The molecule has 30 heavy (non-hydrogen) atoms. The lowest BCUT2D eigenvalue weighted by molar-refractivity contribution is 0.0523. The van der Waals surface area contributed by atoms with E-state index < -0.39 is 11.7 Å². The van der Waals surface area contributed by atoms with E-state index in [4.69, 9.17) is 9.26 Å². The Morgan fingerprint density at radius 1 is 1.27 bits per heavy atom. The Morgan fingerprint density at radius 2 is 2.03 bits per heavy atom. The summed E-state index contributed by atoms with van der Waals surface area (Å²) in [5.74, 6) is 0.824. The van der Waals surface area contributed by atoms with Crippen molar-refractivity contribution in [1.29, 1.82) is 0 Å². The third kappa shape index (κ3) is 5.86. The van der Waals surface area contributed by atoms with E-state index >= 15 is 0 Å². The number of carbonyl (C=O) groups is 1. The van der Waals surface area contributed by atoms with E-state index in [9.17, 15) is 4.79 Å². The number of thiazole rings is 1. The van der Waals surface area contributed by atoms with Crippen molar-refractivity contribution in [3.05, 3.63) is 46.4 Å². The molecule has 1 aromatic carbocycles. The minimum absolute atomic E-state index is 0.347. The van der Waals surface area contributed by atoms with E-state index in [0.717, 1.165) is 43.1 Å². The van der Waals surface area contributed by atoms with Gasteiger partial charge in [0.1, 0.15) is 16.4 Å². The fourth-order valence-electron chi connectivity index (χ4n) is 2.96. The van der Waals surface area contributed by atoms with E-state index in [1.807, 2.05) is 40.8 Å². The van der Waals surface area contributed by atoms with Crippen LogP contribution in [0.25, 0.3) is 11.1 Å². The van der Waals surface area contributed by atoms with Gasteiger partial charge >= 0.3 is 6.09 Å². The molecule has 0 fully saturated rings. The average molecular weight is 446 g/mol. The predicted octanol–water partition coefficient (Wildman–Crippen LogP) is 6.15. The standard InChI is InChI=1S/C22H27N3O3S2/c1-7-15-8-16(20-13(2)25-28-14(20)3)10-17(9-15)29-19-12-23-18(30-19)11-24-21(26)27-22(4,5)6/h8-10,12H,7,11H2,1-6H3,(H,24,26). The summed E-state index contributed by atoms with van der Waals surface area (Å²) in [6.45, 7) is 11.9. The molecule has 2 heterocycles. The second-order valence-corrected chi connectivity index (χ2v) is 10.4. The smallest absolute Gasteiger partial charge is 0.408 e. The first kappa shape index (κ1) is 22.4. The summed E-state index contributed by atoms with van der Waals surface area (Å²) in [5, 5.41) is 7.67. The Bertz CT molecular complexity index is 1020. The normalized spacial score (nSPS) is 11.5. The van der Waals surface area contributed by atoms with Crippen LogP contribution in [-0.2, 0) is 17.7 Å². The summed E-state index contributed by atoms with van der Waals surface area (Å²) in [4.78, 5) is 17.4. The zero-order valence-electron chi connectivity index (χ0n) is 18.2. The molecule has 0 radical (unpaired) electrons. The van der Waals surface area contributed by atoms with Crippen LogP contribution in [0.2, 0.25) is 0 Å². The molecule has 8 heteroatoms. The number of ether oxygens (including phenoxy) is 1. The Balaban J connectivity index is 1.73. The van der Waals surface area contributed by atoms with E-state index in [1.165, 1.54) is 5.56 Å². The van der Waals surface area contributed by atoms with E-state index in [0.29, 0.717) is 6.54 Å². The van der Waals surface area contributed by atoms with Crippen LogP contribution in [0.3, 0.4) is 0 Å². The summed E-state index contributed by atoms with van der Waals surface area (Å²) in [6.07, 6.45) is 2.35. The van der Waals surface area contributed by atoms with E-state index in [1.54, 1.807) is 23.1 Å². The van der Waals surface area contributed by atoms with Gasteiger partial charge in [-0.3, -0.25) is 0 Å². The zero-order valence-corrected chi connectivity index (χ0v) is 19.8. The number of alkyl carbamates (subject to hydrolysis) is 1. The molecule has 0 saturated carbocycles. The highest BCUT2D eigenvalue weighted by molar-refractivity contribution is 8.01. The number of aromatic nitrogens is 2. The summed E-state index contributed by atoms with van der Waals surface area (Å²) >= 11 is 3.23. The van der Waals surface area contributed by atoms with Gasteiger partial charge in [0.05, 0.1) is 22.6 Å². The molecule has 3 aromatic rings. The van der Waals surface area contributed by atoms with Gasteiger partial charge in [-0.15, -0.1) is 11.3 Å². The molecule has 0 aliphatic heterocycles. The molecule has 0 saturated heterocycles. The van der Waals surface area contributed by atoms with Gasteiger partial charge in [0.25, 0.3) is 0 Å². The fraction of sp³-hybridized carbons (Fsp3) is 0.409.